The lowest BCUT2D eigenvalue weighted by atomic mass is 10.1. The number of amides is 2. The highest BCUT2D eigenvalue weighted by atomic mass is 16.2. The lowest BCUT2D eigenvalue weighted by Crippen LogP contribution is -2.61. The Hall–Kier alpha value is -1.06. The van der Waals surface area contributed by atoms with Crippen LogP contribution >= 0.6 is 0 Å². The molecule has 1 heterocycles. The minimum atomic E-state index is -0.262. The summed E-state index contributed by atoms with van der Waals surface area (Å²) in [5, 5.41) is 2.53. The third kappa shape index (κ3) is 1.10. The molecule has 0 unspecified atom stereocenters. The fraction of sp³-hybridized carbons (Fsp3) is 0.667. The molecule has 1 rings (SSSR count). The van der Waals surface area contributed by atoms with Crippen molar-refractivity contribution in [1.29, 1.82) is 0 Å². The predicted octanol–water partition coefficient (Wildman–Crippen LogP) is -1.04. The minimum Gasteiger partial charge on any atom is -0.343 e. The Morgan fingerprint density at radius 1 is 1.80 bits per heavy atom. The average Bonchev–Trinajstić information content (AvgIpc) is 1.86. The highest BCUT2D eigenvalue weighted by Crippen LogP contribution is 2.05. The molecule has 0 spiro atoms. The highest BCUT2D eigenvalue weighted by molar-refractivity contribution is 5.91. The van der Waals surface area contributed by atoms with Crippen molar-refractivity contribution in [3.05, 3.63) is 0 Å². The molecular weight excluding hydrogens is 132 g/mol. The maximum Gasteiger partial charge on any atom is 0.246 e. The fourth-order valence-corrected chi connectivity index (χ4v) is 0.948. The third-order valence-electron chi connectivity index (χ3n) is 1.51. The van der Waals surface area contributed by atoms with Crippen LogP contribution in [0.2, 0.25) is 0 Å². The molecule has 10 heavy (non-hydrogen) atoms. The van der Waals surface area contributed by atoms with Crippen LogP contribution in [0.5, 0.6) is 0 Å². The van der Waals surface area contributed by atoms with Crippen LogP contribution < -0.4 is 5.32 Å². The molecule has 4 heteroatoms. The highest BCUT2D eigenvalue weighted by Gasteiger charge is 2.33. The predicted molar refractivity (Wildman–Crippen MR) is 35.2 cm³/mol. The van der Waals surface area contributed by atoms with E-state index in [0.717, 1.165) is 0 Å². The zero-order chi connectivity index (χ0) is 7.72. The second-order valence-electron chi connectivity index (χ2n) is 2.47. The van der Waals surface area contributed by atoms with Crippen molar-refractivity contribution < 1.29 is 9.59 Å². The fourth-order valence-electron chi connectivity index (χ4n) is 0.948. The molecule has 1 aliphatic heterocycles. The molecule has 0 saturated carbocycles. The molecule has 0 bridgehead atoms. The van der Waals surface area contributed by atoms with Gasteiger partial charge < -0.3 is 10.2 Å². The van der Waals surface area contributed by atoms with E-state index in [1.165, 1.54) is 6.92 Å². The molecule has 0 aromatic heterocycles. The molecule has 1 N–H and O–H groups in total. The van der Waals surface area contributed by atoms with Crippen LogP contribution in [0.25, 0.3) is 0 Å². The summed E-state index contributed by atoms with van der Waals surface area (Å²) in [6.07, 6.45) is 0. The Balaban J connectivity index is 2.34. The number of carbonyl (C=O) groups is 2. The van der Waals surface area contributed by atoms with Crippen LogP contribution in [-0.2, 0) is 9.59 Å². The van der Waals surface area contributed by atoms with Gasteiger partial charge in [-0.2, -0.15) is 0 Å². The SMILES string of the molecule is CC(=O)N[C@H]1CN(C)C1=O. The first-order chi connectivity index (χ1) is 4.61. The van der Waals surface area contributed by atoms with E-state index in [0.29, 0.717) is 6.54 Å². The van der Waals surface area contributed by atoms with Gasteiger partial charge in [0.25, 0.3) is 0 Å². The molecular formula is C6H10N2O2. The first-order valence-corrected chi connectivity index (χ1v) is 3.13. The zero-order valence-electron chi connectivity index (χ0n) is 6.05. The van der Waals surface area contributed by atoms with Crippen LogP contribution in [0.15, 0.2) is 0 Å². The quantitative estimate of drug-likeness (QED) is 0.475. The van der Waals surface area contributed by atoms with E-state index in [4.69, 9.17) is 0 Å². The summed E-state index contributed by atoms with van der Waals surface area (Å²) < 4.78 is 0. The molecule has 56 valence electrons. The van der Waals surface area contributed by atoms with Gasteiger partial charge in [-0.1, -0.05) is 0 Å². The van der Waals surface area contributed by atoms with Crippen molar-refractivity contribution in [2.45, 2.75) is 13.0 Å². The summed E-state index contributed by atoms with van der Waals surface area (Å²) in [7, 11) is 1.71. The zero-order valence-corrected chi connectivity index (χ0v) is 6.05. The van der Waals surface area contributed by atoms with Crippen molar-refractivity contribution in [3.8, 4) is 0 Å². The van der Waals surface area contributed by atoms with Crippen molar-refractivity contribution in [3.63, 3.8) is 0 Å². The number of hydrogen-bond acceptors (Lipinski definition) is 2. The monoisotopic (exact) mass is 142 g/mol. The van der Waals surface area contributed by atoms with Gasteiger partial charge in [0.05, 0.1) is 0 Å². The Bertz CT molecular complexity index is 179. The summed E-state index contributed by atoms with van der Waals surface area (Å²) in [6.45, 7) is 2.05. The van der Waals surface area contributed by atoms with Gasteiger partial charge in [-0.15, -0.1) is 0 Å². The number of carbonyl (C=O) groups excluding carboxylic acids is 2. The Morgan fingerprint density at radius 3 is 2.70 bits per heavy atom. The molecule has 0 aromatic carbocycles. The first kappa shape index (κ1) is 7.05. The molecule has 1 aliphatic rings. The minimum absolute atomic E-state index is 0.00444. The summed E-state index contributed by atoms with van der Waals surface area (Å²) in [5.74, 6) is -0.151. The Kier molecular flexibility index (Phi) is 1.61. The van der Waals surface area contributed by atoms with E-state index in [1.54, 1.807) is 11.9 Å². The van der Waals surface area contributed by atoms with Gasteiger partial charge in [0, 0.05) is 20.5 Å². The van der Waals surface area contributed by atoms with Crippen molar-refractivity contribution >= 4 is 11.8 Å². The van der Waals surface area contributed by atoms with Crippen molar-refractivity contribution in [1.82, 2.24) is 10.2 Å². The Labute approximate surface area is 59.2 Å². The number of rotatable bonds is 1. The van der Waals surface area contributed by atoms with Gasteiger partial charge >= 0.3 is 0 Å². The van der Waals surface area contributed by atoms with Gasteiger partial charge in [-0.05, 0) is 0 Å². The van der Waals surface area contributed by atoms with Gasteiger partial charge in [0.15, 0.2) is 0 Å². The summed E-state index contributed by atoms with van der Waals surface area (Å²) in [5.41, 5.74) is 0. The number of β-lactam (4-membered cyclic amide) rings is 1. The second kappa shape index (κ2) is 2.28. The third-order valence-corrected chi connectivity index (χ3v) is 1.51. The summed E-state index contributed by atoms with van der Waals surface area (Å²) in [4.78, 5) is 22.8. The molecule has 0 aliphatic carbocycles. The maximum absolute atomic E-state index is 10.8. The van der Waals surface area contributed by atoms with E-state index < -0.39 is 0 Å². The van der Waals surface area contributed by atoms with E-state index in [-0.39, 0.29) is 17.9 Å². The molecule has 2 amide bonds. The molecule has 1 atom stereocenters. The van der Waals surface area contributed by atoms with E-state index in [1.807, 2.05) is 0 Å². The largest absolute Gasteiger partial charge is 0.343 e. The van der Waals surface area contributed by atoms with Gasteiger partial charge in [0.1, 0.15) is 6.04 Å². The standard InChI is InChI=1S/C6H10N2O2/c1-4(9)7-5-3-8(2)6(5)10/h5H,3H2,1-2H3,(H,7,9)/t5-/m0/s1. The van der Waals surface area contributed by atoms with Crippen LogP contribution in [-0.4, -0.2) is 36.3 Å². The van der Waals surface area contributed by atoms with E-state index in [9.17, 15) is 9.59 Å². The molecule has 0 aromatic rings. The molecule has 1 fully saturated rings. The van der Waals surface area contributed by atoms with Gasteiger partial charge in [-0.3, -0.25) is 9.59 Å². The number of nitrogens with zero attached hydrogens (tertiary/aromatic N) is 1. The molecule has 1 saturated heterocycles. The molecule has 0 radical (unpaired) electrons. The number of nitrogens with one attached hydrogen (secondary N) is 1. The van der Waals surface area contributed by atoms with Crippen molar-refractivity contribution in [2.75, 3.05) is 13.6 Å². The second-order valence-corrected chi connectivity index (χ2v) is 2.47. The number of likely N-dealkylation sites (tertiary alicyclic amines) is 1. The summed E-state index contributed by atoms with van der Waals surface area (Å²) >= 11 is 0. The van der Waals surface area contributed by atoms with Gasteiger partial charge in [-0.25, -0.2) is 0 Å². The van der Waals surface area contributed by atoms with E-state index >= 15 is 0 Å². The number of likely N-dealkylation sites (N-methyl/N-ethyl adjacent to an activating group) is 1. The normalized spacial score (nSPS) is 24.0. The topological polar surface area (TPSA) is 49.4 Å². The summed E-state index contributed by atoms with van der Waals surface area (Å²) in [6, 6.07) is -0.262. The van der Waals surface area contributed by atoms with Crippen LogP contribution in [0, 0.1) is 0 Å². The molecule has 4 nitrogen and oxygen atoms in total. The first-order valence-electron chi connectivity index (χ1n) is 3.13. The maximum atomic E-state index is 10.8. The Morgan fingerprint density at radius 2 is 2.40 bits per heavy atom. The van der Waals surface area contributed by atoms with Crippen LogP contribution in [0.4, 0.5) is 0 Å². The number of hydrogen-bond donors (Lipinski definition) is 1. The van der Waals surface area contributed by atoms with Crippen molar-refractivity contribution in [2.24, 2.45) is 0 Å². The smallest absolute Gasteiger partial charge is 0.246 e. The van der Waals surface area contributed by atoms with E-state index in [2.05, 4.69) is 5.32 Å². The van der Waals surface area contributed by atoms with Crippen LogP contribution in [0.1, 0.15) is 6.92 Å². The van der Waals surface area contributed by atoms with Gasteiger partial charge in [0.2, 0.25) is 11.8 Å². The van der Waals surface area contributed by atoms with Crippen LogP contribution in [0.3, 0.4) is 0 Å². The average molecular weight is 142 g/mol. The lowest BCUT2D eigenvalue weighted by Gasteiger charge is -2.35. The lowest BCUT2D eigenvalue weighted by molar-refractivity contribution is -0.144.